The van der Waals surface area contributed by atoms with Gasteiger partial charge in [0.2, 0.25) is 0 Å². The van der Waals surface area contributed by atoms with Gasteiger partial charge in [-0.15, -0.1) is 0 Å². The molecule has 0 rings (SSSR count). The van der Waals surface area contributed by atoms with Crippen molar-refractivity contribution in [1.82, 2.24) is 0 Å². The van der Waals surface area contributed by atoms with Gasteiger partial charge in [0, 0.05) is 5.75 Å². The Labute approximate surface area is 71.1 Å². The molecule has 1 N–H and O–H groups in total. The summed E-state index contributed by atoms with van der Waals surface area (Å²) in [7, 11) is 0. The number of hydrogen-bond donors (Lipinski definition) is 1. The van der Waals surface area contributed by atoms with Gasteiger partial charge in [-0.3, -0.25) is 0 Å². The van der Waals surface area contributed by atoms with Crippen LogP contribution in [0.3, 0.4) is 0 Å². The zero-order valence-electron chi connectivity index (χ0n) is 6.87. The molecule has 0 saturated carbocycles. The van der Waals surface area contributed by atoms with Gasteiger partial charge < -0.3 is 9.84 Å². The number of aliphatic carboxylic acids is 1. The van der Waals surface area contributed by atoms with Gasteiger partial charge in [-0.05, 0) is 12.7 Å². The molecule has 0 aliphatic heterocycles. The van der Waals surface area contributed by atoms with Crippen LogP contribution in [-0.4, -0.2) is 35.3 Å². The molecule has 11 heavy (non-hydrogen) atoms. The maximum Gasteiger partial charge on any atom is 0.332 e. The van der Waals surface area contributed by atoms with Gasteiger partial charge in [0.25, 0.3) is 0 Å². The molecule has 0 aliphatic carbocycles. The third-order valence-corrected chi connectivity index (χ3v) is 2.01. The Hall–Kier alpha value is -0.220. The first-order chi connectivity index (χ1) is 5.18. The Bertz CT molecular complexity index is 116. The Morgan fingerprint density at radius 3 is 2.82 bits per heavy atom. The molecule has 0 amide bonds. The first-order valence-electron chi connectivity index (χ1n) is 3.60. The maximum absolute atomic E-state index is 10.2. The van der Waals surface area contributed by atoms with Crippen molar-refractivity contribution < 1.29 is 14.6 Å². The second-order valence-corrected chi connectivity index (χ2v) is 3.44. The number of ether oxygens (including phenoxy) is 1. The quantitative estimate of drug-likeness (QED) is 0.621. The van der Waals surface area contributed by atoms with Crippen LogP contribution in [0.2, 0.25) is 0 Å². The van der Waals surface area contributed by atoms with E-state index in [-0.39, 0.29) is 0 Å². The Morgan fingerprint density at radius 2 is 2.36 bits per heavy atom. The normalized spacial score (nSPS) is 12.9. The molecule has 3 nitrogen and oxygen atoms in total. The average molecular weight is 178 g/mol. The molecule has 0 spiro atoms. The maximum atomic E-state index is 10.2. The highest BCUT2D eigenvalue weighted by atomic mass is 32.2. The zero-order chi connectivity index (χ0) is 8.69. The van der Waals surface area contributed by atoms with E-state index in [2.05, 4.69) is 6.92 Å². The van der Waals surface area contributed by atoms with Crippen molar-refractivity contribution in [1.29, 1.82) is 0 Å². The molecule has 0 saturated heterocycles. The van der Waals surface area contributed by atoms with Crippen molar-refractivity contribution in [3.8, 4) is 0 Å². The standard InChI is InChI=1S/C7H14O3S/c1-3-11-5-4-10-6(2)7(8)9/h6H,3-5H2,1-2H3,(H,8,9)/t6-/m0/s1. The van der Waals surface area contributed by atoms with Gasteiger partial charge in [-0.1, -0.05) is 6.92 Å². The first-order valence-corrected chi connectivity index (χ1v) is 4.76. The highest BCUT2D eigenvalue weighted by molar-refractivity contribution is 7.99. The monoisotopic (exact) mass is 178 g/mol. The lowest BCUT2D eigenvalue weighted by Gasteiger charge is -2.06. The van der Waals surface area contributed by atoms with Crippen LogP contribution in [0.4, 0.5) is 0 Å². The molecule has 4 heteroatoms. The molecule has 0 aromatic heterocycles. The Morgan fingerprint density at radius 1 is 1.73 bits per heavy atom. The lowest BCUT2D eigenvalue weighted by molar-refractivity contribution is -0.148. The molecular weight excluding hydrogens is 164 g/mol. The topological polar surface area (TPSA) is 46.5 Å². The molecule has 0 unspecified atom stereocenters. The smallest absolute Gasteiger partial charge is 0.332 e. The summed E-state index contributed by atoms with van der Waals surface area (Å²) in [4.78, 5) is 10.2. The largest absolute Gasteiger partial charge is 0.479 e. The van der Waals surface area contributed by atoms with E-state index in [1.54, 1.807) is 18.7 Å². The van der Waals surface area contributed by atoms with Crippen LogP contribution in [0.25, 0.3) is 0 Å². The first kappa shape index (κ1) is 10.8. The number of carboxylic acid groups (broad SMARTS) is 1. The van der Waals surface area contributed by atoms with Gasteiger partial charge >= 0.3 is 5.97 Å². The summed E-state index contributed by atoms with van der Waals surface area (Å²) in [5.74, 6) is 1.02. The molecule has 1 atom stereocenters. The minimum Gasteiger partial charge on any atom is -0.479 e. The fourth-order valence-electron chi connectivity index (χ4n) is 0.499. The van der Waals surface area contributed by atoms with E-state index in [9.17, 15) is 4.79 Å². The van der Waals surface area contributed by atoms with Crippen molar-refractivity contribution >= 4 is 17.7 Å². The lowest BCUT2D eigenvalue weighted by atomic mass is 10.4. The van der Waals surface area contributed by atoms with Crippen molar-refractivity contribution in [2.75, 3.05) is 18.1 Å². The Kier molecular flexibility index (Phi) is 6.36. The van der Waals surface area contributed by atoms with E-state index in [0.717, 1.165) is 11.5 Å². The summed E-state index contributed by atoms with van der Waals surface area (Å²) in [6.45, 7) is 4.12. The minimum absolute atomic E-state index is 0.520. The highest BCUT2D eigenvalue weighted by Gasteiger charge is 2.09. The summed E-state index contributed by atoms with van der Waals surface area (Å²) in [6.07, 6.45) is -0.674. The molecular formula is C7H14O3S. The number of carbonyl (C=O) groups is 1. The number of carboxylic acids is 1. The molecule has 0 aromatic carbocycles. The predicted octanol–water partition coefficient (Wildman–Crippen LogP) is 1.23. The fraction of sp³-hybridized carbons (Fsp3) is 0.857. The third-order valence-electron chi connectivity index (χ3n) is 1.15. The van der Waals surface area contributed by atoms with E-state index >= 15 is 0 Å². The number of hydrogen-bond acceptors (Lipinski definition) is 3. The van der Waals surface area contributed by atoms with Crippen LogP contribution in [-0.2, 0) is 9.53 Å². The fourth-order valence-corrected chi connectivity index (χ4v) is 1.00. The van der Waals surface area contributed by atoms with Gasteiger partial charge in [-0.25, -0.2) is 4.79 Å². The van der Waals surface area contributed by atoms with Crippen LogP contribution >= 0.6 is 11.8 Å². The SMILES string of the molecule is CCSCCO[C@@H](C)C(=O)O. The van der Waals surface area contributed by atoms with Gasteiger partial charge in [0.1, 0.15) is 0 Å². The second-order valence-electron chi connectivity index (χ2n) is 2.05. The van der Waals surface area contributed by atoms with Gasteiger partial charge in [0.05, 0.1) is 6.61 Å². The van der Waals surface area contributed by atoms with Crippen LogP contribution in [0.1, 0.15) is 13.8 Å². The van der Waals surface area contributed by atoms with E-state index in [4.69, 9.17) is 9.84 Å². The molecule has 66 valence electrons. The van der Waals surface area contributed by atoms with E-state index < -0.39 is 12.1 Å². The van der Waals surface area contributed by atoms with Crippen molar-refractivity contribution in [2.45, 2.75) is 20.0 Å². The highest BCUT2D eigenvalue weighted by Crippen LogP contribution is 1.99. The average Bonchev–Trinajstić information content (AvgIpc) is 1.97. The van der Waals surface area contributed by atoms with Crippen LogP contribution < -0.4 is 0 Å². The summed E-state index contributed by atoms with van der Waals surface area (Å²) >= 11 is 1.74. The van der Waals surface area contributed by atoms with E-state index in [0.29, 0.717) is 6.61 Å². The summed E-state index contributed by atoms with van der Waals surface area (Å²) in [6, 6.07) is 0. The minimum atomic E-state index is -0.897. The molecule has 0 heterocycles. The molecule has 0 bridgehead atoms. The van der Waals surface area contributed by atoms with Crippen LogP contribution in [0.5, 0.6) is 0 Å². The number of rotatable bonds is 6. The van der Waals surface area contributed by atoms with Crippen molar-refractivity contribution in [3.63, 3.8) is 0 Å². The molecule has 0 radical (unpaired) electrons. The van der Waals surface area contributed by atoms with Gasteiger partial charge in [-0.2, -0.15) is 11.8 Å². The molecule has 0 aliphatic rings. The van der Waals surface area contributed by atoms with E-state index in [1.807, 2.05) is 0 Å². The van der Waals surface area contributed by atoms with Crippen LogP contribution in [0, 0.1) is 0 Å². The molecule has 0 fully saturated rings. The molecule has 0 aromatic rings. The Balaban J connectivity index is 3.17. The summed E-state index contributed by atoms with van der Waals surface area (Å²) in [5, 5.41) is 8.41. The second kappa shape index (κ2) is 6.49. The van der Waals surface area contributed by atoms with Crippen LogP contribution in [0.15, 0.2) is 0 Å². The predicted molar refractivity (Wildman–Crippen MR) is 46.0 cm³/mol. The zero-order valence-corrected chi connectivity index (χ0v) is 7.69. The van der Waals surface area contributed by atoms with Crippen molar-refractivity contribution in [3.05, 3.63) is 0 Å². The third kappa shape index (κ3) is 6.19. The van der Waals surface area contributed by atoms with E-state index in [1.165, 1.54) is 0 Å². The summed E-state index contributed by atoms with van der Waals surface area (Å²) in [5.41, 5.74) is 0. The summed E-state index contributed by atoms with van der Waals surface area (Å²) < 4.78 is 4.99. The van der Waals surface area contributed by atoms with Crippen molar-refractivity contribution in [2.24, 2.45) is 0 Å². The number of thioether (sulfide) groups is 1. The van der Waals surface area contributed by atoms with Gasteiger partial charge in [0.15, 0.2) is 6.10 Å². The lowest BCUT2D eigenvalue weighted by Crippen LogP contribution is -2.20.